The summed E-state index contributed by atoms with van der Waals surface area (Å²) in [6.45, 7) is 1.89. The Bertz CT molecular complexity index is 475. The van der Waals surface area contributed by atoms with Gasteiger partial charge in [0.2, 0.25) is 0 Å². The molecule has 0 atom stereocenters. The molecule has 0 fully saturated rings. The van der Waals surface area contributed by atoms with Gasteiger partial charge in [0.15, 0.2) is 0 Å². The fourth-order valence-corrected chi connectivity index (χ4v) is 2.34. The number of non-ortho nitro benzene ring substituents is 1. The van der Waals surface area contributed by atoms with Crippen LogP contribution in [0.2, 0.25) is 0 Å². The Morgan fingerprint density at radius 2 is 2.23 bits per heavy atom. The molecule has 3 nitrogen and oxygen atoms in total. The summed E-state index contributed by atoms with van der Waals surface area (Å²) >= 11 is 1.54. The molecule has 1 heterocycles. The fourth-order valence-electron chi connectivity index (χ4n) is 1.38. The number of hydrogen-bond acceptors (Lipinski definition) is 3. The standard InChI is InChI=1S/C9H7NO2S/c1-6-5-13-8-4-2-3-7(9(6)8)10(11)12/h2-5H,1H3. The van der Waals surface area contributed by atoms with E-state index in [0.717, 1.165) is 15.6 Å². The molecule has 0 amide bonds. The van der Waals surface area contributed by atoms with Gasteiger partial charge in [-0.25, -0.2) is 0 Å². The van der Waals surface area contributed by atoms with E-state index in [2.05, 4.69) is 0 Å². The molecule has 0 unspecified atom stereocenters. The van der Waals surface area contributed by atoms with E-state index in [1.54, 1.807) is 23.5 Å². The molecule has 0 spiro atoms. The number of aryl methyl sites for hydroxylation is 1. The first kappa shape index (κ1) is 8.19. The number of nitro benzene ring substituents is 1. The molecule has 0 saturated heterocycles. The molecule has 0 saturated carbocycles. The van der Waals surface area contributed by atoms with E-state index in [-0.39, 0.29) is 10.6 Å². The second-order valence-electron chi connectivity index (χ2n) is 2.83. The minimum atomic E-state index is -0.331. The lowest BCUT2D eigenvalue weighted by Gasteiger charge is -1.94. The molecule has 4 heteroatoms. The van der Waals surface area contributed by atoms with E-state index in [1.165, 1.54) is 0 Å². The van der Waals surface area contributed by atoms with Crippen molar-refractivity contribution in [2.45, 2.75) is 6.92 Å². The molecule has 0 N–H and O–H groups in total. The molecule has 2 aromatic rings. The van der Waals surface area contributed by atoms with Crippen LogP contribution in [0, 0.1) is 17.0 Å². The molecule has 2 rings (SSSR count). The average molecular weight is 193 g/mol. The molecule has 0 aliphatic rings. The summed E-state index contributed by atoms with van der Waals surface area (Å²) in [5.74, 6) is 0. The molecule has 0 aliphatic heterocycles. The topological polar surface area (TPSA) is 43.1 Å². The SMILES string of the molecule is Cc1csc2cccc([N+](=O)[O-])c12. The van der Waals surface area contributed by atoms with E-state index in [0.29, 0.717) is 0 Å². The highest BCUT2D eigenvalue weighted by molar-refractivity contribution is 7.17. The summed E-state index contributed by atoms with van der Waals surface area (Å²) in [6.07, 6.45) is 0. The van der Waals surface area contributed by atoms with Crippen molar-refractivity contribution in [2.75, 3.05) is 0 Å². The van der Waals surface area contributed by atoms with Gasteiger partial charge >= 0.3 is 0 Å². The van der Waals surface area contributed by atoms with E-state index in [1.807, 2.05) is 18.4 Å². The third kappa shape index (κ3) is 1.19. The zero-order valence-electron chi connectivity index (χ0n) is 6.98. The molecule has 0 radical (unpaired) electrons. The lowest BCUT2D eigenvalue weighted by atomic mass is 10.1. The van der Waals surface area contributed by atoms with Gasteiger partial charge in [0.05, 0.1) is 10.3 Å². The van der Waals surface area contributed by atoms with Crippen molar-refractivity contribution in [2.24, 2.45) is 0 Å². The Hall–Kier alpha value is -1.42. The van der Waals surface area contributed by atoms with Crippen LogP contribution in [0.1, 0.15) is 5.56 Å². The van der Waals surface area contributed by atoms with Crippen LogP contribution in [0.5, 0.6) is 0 Å². The number of nitrogens with zero attached hydrogens (tertiary/aromatic N) is 1. The summed E-state index contributed by atoms with van der Waals surface area (Å²) < 4.78 is 0.978. The maximum absolute atomic E-state index is 10.7. The van der Waals surface area contributed by atoms with Gasteiger partial charge in [-0.05, 0) is 23.9 Å². The molecular formula is C9H7NO2S. The number of hydrogen-bond donors (Lipinski definition) is 0. The van der Waals surface area contributed by atoms with Crippen LogP contribution < -0.4 is 0 Å². The van der Waals surface area contributed by atoms with Gasteiger partial charge in [0, 0.05) is 10.8 Å². The zero-order valence-corrected chi connectivity index (χ0v) is 7.80. The van der Waals surface area contributed by atoms with Crippen molar-refractivity contribution in [3.63, 3.8) is 0 Å². The van der Waals surface area contributed by atoms with E-state index in [9.17, 15) is 10.1 Å². The Morgan fingerprint density at radius 1 is 1.46 bits per heavy atom. The first-order valence-electron chi connectivity index (χ1n) is 3.81. The van der Waals surface area contributed by atoms with Crippen molar-refractivity contribution in [1.82, 2.24) is 0 Å². The second kappa shape index (κ2) is 2.81. The smallest absolute Gasteiger partial charge is 0.258 e. The van der Waals surface area contributed by atoms with E-state index >= 15 is 0 Å². The van der Waals surface area contributed by atoms with Crippen LogP contribution in [-0.4, -0.2) is 4.92 Å². The minimum absolute atomic E-state index is 0.205. The zero-order chi connectivity index (χ0) is 9.42. The molecule has 13 heavy (non-hydrogen) atoms. The van der Waals surface area contributed by atoms with Gasteiger partial charge < -0.3 is 0 Å². The van der Waals surface area contributed by atoms with Crippen LogP contribution in [0.4, 0.5) is 5.69 Å². The maximum atomic E-state index is 10.7. The van der Waals surface area contributed by atoms with Crippen LogP contribution >= 0.6 is 11.3 Å². The van der Waals surface area contributed by atoms with Crippen molar-refractivity contribution in [3.05, 3.63) is 39.3 Å². The largest absolute Gasteiger partial charge is 0.278 e. The third-order valence-corrected chi connectivity index (χ3v) is 3.02. The summed E-state index contributed by atoms with van der Waals surface area (Å²) in [5.41, 5.74) is 1.18. The summed E-state index contributed by atoms with van der Waals surface area (Å²) in [7, 11) is 0. The highest BCUT2D eigenvalue weighted by Gasteiger charge is 2.13. The highest BCUT2D eigenvalue weighted by Crippen LogP contribution is 2.32. The van der Waals surface area contributed by atoms with Gasteiger partial charge in [-0.1, -0.05) is 6.07 Å². The van der Waals surface area contributed by atoms with Crippen molar-refractivity contribution < 1.29 is 4.92 Å². The number of fused-ring (bicyclic) bond motifs is 1. The number of benzene rings is 1. The van der Waals surface area contributed by atoms with Crippen LogP contribution in [-0.2, 0) is 0 Å². The van der Waals surface area contributed by atoms with Crippen molar-refractivity contribution in [1.29, 1.82) is 0 Å². The van der Waals surface area contributed by atoms with E-state index in [4.69, 9.17) is 0 Å². The van der Waals surface area contributed by atoms with Gasteiger partial charge in [0.1, 0.15) is 0 Å². The predicted molar refractivity (Wildman–Crippen MR) is 53.2 cm³/mol. The van der Waals surface area contributed by atoms with Gasteiger partial charge in [-0.2, -0.15) is 0 Å². The lowest BCUT2D eigenvalue weighted by Crippen LogP contribution is -1.88. The molecule has 1 aromatic carbocycles. The van der Waals surface area contributed by atoms with Gasteiger partial charge in [-0.3, -0.25) is 10.1 Å². The first-order valence-corrected chi connectivity index (χ1v) is 4.69. The molecule has 1 aromatic heterocycles. The van der Waals surface area contributed by atoms with Gasteiger partial charge in [0.25, 0.3) is 5.69 Å². The third-order valence-electron chi connectivity index (χ3n) is 1.96. The maximum Gasteiger partial charge on any atom is 0.278 e. The van der Waals surface area contributed by atoms with Crippen molar-refractivity contribution >= 4 is 27.1 Å². The summed E-state index contributed by atoms with van der Waals surface area (Å²) in [5, 5.41) is 13.4. The minimum Gasteiger partial charge on any atom is -0.258 e. The number of thiophene rings is 1. The van der Waals surface area contributed by atoms with Crippen LogP contribution in [0.3, 0.4) is 0 Å². The van der Waals surface area contributed by atoms with Crippen LogP contribution in [0.25, 0.3) is 10.1 Å². The number of nitro groups is 1. The normalized spacial score (nSPS) is 10.5. The lowest BCUT2D eigenvalue weighted by molar-refractivity contribution is -0.383. The fraction of sp³-hybridized carbons (Fsp3) is 0.111. The Kier molecular flexibility index (Phi) is 1.77. The van der Waals surface area contributed by atoms with E-state index < -0.39 is 0 Å². The monoisotopic (exact) mass is 193 g/mol. The Morgan fingerprint density at radius 3 is 2.92 bits per heavy atom. The predicted octanol–water partition coefficient (Wildman–Crippen LogP) is 3.12. The molecule has 66 valence electrons. The first-order chi connectivity index (χ1) is 6.20. The molecule has 0 aliphatic carbocycles. The highest BCUT2D eigenvalue weighted by atomic mass is 32.1. The summed E-state index contributed by atoms with van der Waals surface area (Å²) in [4.78, 5) is 10.3. The molecular weight excluding hydrogens is 186 g/mol. The Labute approximate surface area is 78.8 Å². The summed E-state index contributed by atoms with van der Waals surface area (Å²) in [6, 6.07) is 5.17. The quantitative estimate of drug-likeness (QED) is 0.516. The molecule has 0 bridgehead atoms. The second-order valence-corrected chi connectivity index (χ2v) is 3.74. The van der Waals surface area contributed by atoms with Crippen molar-refractivity contribution in [3.8, 4) is 0 Å². The van der Waals surface area contributed by atoms with Crippen LogP contribution in [0.15, 0.2) is 23.6 Å². The Balaban J connectivity index is 2.88. The number of rotatable bonds is 1. The van der Waals surface area contributed by atoms with Gasteiger partial charge in [-0.15, -0.1) is 11.3 Å². The average Bonchev–Trinajstić information content (AvgIpc) is 2.48.